The molecule has 6 nitrogen and oxygen atoms in total. The molecule has 0 atom stereocenters. The standard InChI is InChI=1S/C14H20N2O4/c1-16(2)13(17)4-3-9-19-14(18)10-20-12-7-5-11(15)6-8-12/h5-8H,3-4,9-10,15H2,1-2H3. The van der Waals surface area contributed by atoms with Crippen LogP contribution in [-0.4, -0.2) is 44.1 Å². The Hall–Kier alpha value is -2.24. The maximum atomic E-state index is 11.4. The summed E-state index contributed by atoms with van der Waals surface area (Å²) in [6.07, 6.45) is 0.865. The quantitative estimate of drug-likeness (QED) is 0.459. The molecule has 0 aliphatic heterocycles. The lowest BCUT2D eigenvalue weighted by Gasteiger charge is -2.10. The average molecular weight is 280 g/mol. The number of hydrogen-bond donors (Lipinski definition) is 1. The van der Waals surface area contributed by atoms with E-state index in [-0.39, 0.29) is 19.1 Å². The van der Waals surface area contributed by atoms with Crippen LogP contribution < -0.4 is 10.5 Å². The van der Waals surface area contributed by atoms with Crippen LogP contribution in [0.25, 0.3) is 0 Å². The van der Waals surface area contributed by atoms with Crippen LogP contribution in [0, 0.1) is 0 Å². The fourth-order valence-corrected chi connectivity index (χ4v) is 1.38. The fourth-order valence-electron chi connectivity index (χ4n) is 1.38. The van der Waals surface area contributed by atoms with Crippen molar-refractivity contribution in [1.82, 2.24) is 4.90 Å². The summed E-state index contributed by atoms with van der Waals surface area (Å²) in [6, 6.07) is 6.73. The molecular weight excluding hydrogens is 260 g/mol. The molecule has 0 unspecified atom stereocenters. The highest BCUT2D eigenvalue weighted by molar-refractivity contribution is 5.75. The number of carbonyl (C=O) groups is 2. The Bertz CT molecular complexity index is 443. The van der Waals surface area contributed by atoms with Gasteiger partial charge in [-0.05, 0) is 30.7 Å². The minimum atomic E-state index is -0.459. The number of esters is 1. The molecule has 1 amide bonds. The van der Waals surface area contributed by atoms with Gasteiger partial charge >= 0.3 is 5.97 Å². The van der Waals surface area contributed by atoms with Crippen LogP contribution in [0.3, 0.4) is 0 Å². The van der Waals surface area contributed by atoms with E-state index in [1.165, 1.54) is 4.90 Å². The molecule has 20 heavy (non-hydrogen) atoms. The topological polar surface area (TPSA) is 81.9 Å². The van der Waals surface area contributed by atoms with E-state index in [4.69, 9.17) is 15.2 Å². The summed E-state index contributed by atoms with van der Waals surface area (Å²) in [6.45, 7) is 0.0507. The molecule has 2 N–H and O–H groups in total. The monoisotopic (exact) mass is 280 g/mol. The highest BCUT2D eigenvalue weighted by Crippen LogP contribution is 2.12. The van der Waals surface area contributed by atoms with Crippen molar-refractivity contribution in [3.8, 4) is 5.75 Å². The maximum Gasteiger partial charge on any atom is 0.344 e. The van der Waals surface area contributed by atoms with Crippen molar-refractivity contribution < 1.29 is 19.1 Å². The SMILES string of the molecule is CN(C)C(=O)CCCOC(=O)COc1ccc(N)cc1. The molecule has 0 aliphatic rings. The summed E-state index contributed by atoms with van der Waals surface area (Å²) < 4.78 is 10.2. The summed E-state index contributed by atoms with van der Waals surface area (Å²) >= 11 is 0. The van der Waals surface area contributed by atoms with Crippen molar-refractivity contribution in [2.24, 2.45) is 0 Å². The Labute approximate surface area is 118 Å². The molecule has 6 heteroatoms. The predicted octanol–water partition coefficient (Wildman–Crippen LogP) is 1.06. The van der Waals surface area contributed by atoms with E-state index in [9.17, 15) is 9.59 Å². The van der Waals surface area contributed by atoms with E-state index in [1.54, 1.807) is 38.4 Å². The van der Waals surface area contributed by atoms with Crippen molar-refractivity contribution in [3.63, 3.8) is 0 Å². The Morgan fingerprint density at radius 2 is 1.85 bits per heavy atom. The van der Waals surface area contributed by atoms with Crippen LogP contribution in [0.15, 0.2) is 24.3 Å². The summed E-state index contributed by atoms with van der Waals surface area (Å²) in [5.74, 6) is 0.109. The summed E-state index contributed by atoms with van der Waals surface area (Å²) in [7, 11) is 3.38. The average Bonchev–Trinajstić information content (AvgIpc) is 2.42. The van der Waals surface area contributed by atoms with Crippen molar-refractivity contribution in [1.29, 1.82) is 0 Å². The molecule has 0 fully saturated rings. The molecule has 1 aromatic rings. The number of nitrogen functional groups attached to an aromatic ring is 1. The van der Waals surface area contributed by atoms with Gasteiger partial charge in [0.05, 0.1) is 6.61 Å². The molecule has 110 valence electrons. The number of carbonyl (C=O) groups excluding carboxylic acids is 2. The second-order valence-electron chi connectivity index (χ2n) is 4.47. The number of hydrogen-bond acceptors (Lipinski definition) is 5. The number of nitrogens with zero attached hydrogens (tertiary/aromatic N) is 1. The van der Waals surface area contributed by atoms with Gasteiger partial charge < -0.3 is 20.1 Å². The molecule has 0 saturated carbocycles. The third-order valence-electron chi connectivity index (χ3n) is 2.53. The lowest BCUT2D eigenvalue weighted by Crippen LogP contribution is -2.22. The highest BCUT2D eigenvalue weighted by atomic mass is 16.6. The number of anilines is 1. The minimum absolute atomic E-state index is 0.0131. The smallest absolute Gasteiger partial charge is 0.344 e. The van der Waals surface area contributed by atoms with Crippen LogP contribution in [0.2, 0.25) is 0 Å². The Balaban J connectivity index is 2.14. The second-order valence-corrected chi connectivity index (χ2v) is 4.47. The number of nitrogens with two attached hydrogens (primary N) is 1. The third-order valence-corrected chi connectivity index (χ3v) is 2.53. The molecular formula is C14H20N2O4. The summed E-state index contributed by atoms with van der Waals surface area (Å²) in [5, 5.41) is 0. The molecule has 0 aliphatic carbocycles. The normalized spacial score (nSPS) is 9.90. The van der Waals surface area contributed by atoms with E-state index in [0.717, 1.165) is 0 Å². The Morgan fingerprint density at radius 1 is 1.20 bits per heavy atom. The van der Waals surface area contributed by atoms with Gasteiger partial charge in [0.15, 0.2) is 6.61 Å². The summed E-state index contributed by atoms with van der Waals surface area (Å²) in [5.41, 5.74) is 6.16. The van der Waals surface area contributed by atoms with Gasteiger partial charge in [0.2, 0.25) is 5.91 Å². The van der Waals surface area contributed by atoms with Gasteiger partial charge in [-0.25, -0.2) is 4.79 Å². The molecule has 0 aromatic heterocycles. The first-order valence-electron chi connectivity index (χ1n) is 6.33. The first-order valence-corrected chi connectivity index (χ1v) is 6.33. The zero-order chi connectivity index (χ0) is 15.0. The minimum Gasteiger partial charge on any atom is -0.482 e. The number of amides is 1. The van der Waals surface area contributed by atoms with Crippen LogP contribution >= 0.6 is 0 Å². The van der Waals surface area contributed by atoms with E-state index < -0.39 is 5.97 Å². The van der Waals surface area contributed by atoms with Crippen molar-refractivity contribution in [2.45, 2.75) is 12.8 Å². The molecule has 0 heterocycles. The van der Waals surface area contributed by atoms with Gasteiger partial charge in [-0.2, -0.15) is 0 Å². The summed E-state index contributed by atoms with van der Waals surface area (Å²) in [4.78, 5) is 24.2. The van der Waals surface area contributed by atoms with Gasteiger partial charge in [-0.15, -0.1) is 0 Å². The molecule has 0 radical (unpaired) electrons. The van der Waals surface area contributed by atoms with Crippen LogP contribution in [0.4, 0.5) is 5.69 Å². The lowest BCUT2D eigenvalue weighted by molar-refractivity contribution is -0.146. The van der Waals surface area contributed by atoms with Gasteiger partial charge in [0.1, 0.15) is 5.75 Å². The molecule has 0 bridgehead atoms. The van der Waals surface area contributed by atoms with E-state index >= 15 is 0 Å². The highest BCUT2D eigenvalue weighted by Gasteiger charge is 2.06. The van der Waals surface area contributed by atoms with Gasteiger partial charge in [-0.3, -0.25) is 4.79 Å². The van der Waals surface area contributed by atoms with Crippen LogP contribution in [0.5, 0.6) is 5.75 Å². The zero-order valence-corrected chi connectivity index (χ0v) is 11.8. The van der Waals surface area contributed by atoms with Gasteiger partial charge in [0.25, 0.3) is 0 Å². The molecule has 0 spiro atoms. The van der Waals surface area contributed by atoms with Crippen LogP contribution in [0.1, 0.15) is 12.8 Å². The maximum absolute atomic E-state index is 11.4. The second kappa shape index (κ2) is 8.04. The fraction of sp³-hybridized carbons (Fsp3) is 0.429. The Kier molecular flexibility index (Phi) is 6.36. The number of ether oxygens (including phenoxy) is 2. The number of rotatable bonds is 7. The zero-order valence-electron chi connectivity index (χ0n) is 11.8. The lowest BCUT2D eigenvalue weighted by atomic mass is 10.3. The first kappa shape index (κ1) is 15.8. The molecule has 1 aromatic carbocycles. The van der Waals surface area contributed by atoms with Gasteiger partial charge in [-0.1, -0.05) is 0 Å². The first-order chi connectivity index (χ1) is 9.49. The van der Waals surface area contributed by atoms with Crippen molar-refractivity contribution in [3.05, 3.63) is 24.3 Å². The third kappa shape index (κ3) is 6.08. The number of benzene rings is 1. The van der Waals surface area contributed by atoms with Gasteiger partial charge in [0, 0.05) is 26.2 Å². The van der Waals surface area contributed by atoms with Crippen LogP contribution in [-0.2, 0) is 14.3 Å². The van der Waals surface area contributed by atoms with E-state index in [2.05, 4.69) is 0 Å². The Morgan fingerprint density at radius 3 is 2.45 bits per heavy atom. The molecule has 0 saturated heterocycles. The van der Waals surface area contributed by atoms with E-state index in [1.807, 2.05) is 0 Å². The van der Waals surface area contributed by atoms with E-state index in [0.29, 0.717) is 24.3 Å². The van der Waals surface area contributed by atoms with Crippen molar-refractivity contribution >= 4 is 17.6 Å². The largest absolute Gasteiger partial charge is 0.482 e. The molecule has 1 rings (SSSR count). The van der Waals surface area contributed by atoms with Crippen molar-refractivity contribution in [2.75, 3.05) is 33.0 Å². The predicted molar refractivity (Wildman–Crippen MR) is 75.2 cm³/mol.